The maximum absolute atomic E-state index is 12.3. The monoisotopic (exact) mass is 365 g/mol. The van der Waals surface area contributed by atoms with Gasteiger partial charge in [0.2, 0.25) is 0 Å². The van der Waals surface area contributed by atoms with E-state index in [0.717, 1.165) is 9.35 Å². The lowest BCUT2D eigenvalue weighted by molar-refractivity contribution is -0.133. The molecular formula is C15H12BrNO3S. The van der Waals surface area contributed by atoms with E-state index in [0.29, 0.717) is 16.1 Å². The number of benzene rings is 1. The van der Waals surface area contributed by atoms with Gasteiger partial charge in [0, 0.05) is 11.3 Å². The van der Waals surface area contributed by atoms with Crippen molar-refractivity contribution in [3.63, 3.8) is 0 Å². The molecule has 2 aromatic rings. The fourth-order valence-corrected chi connectivity index (χ4v) is 3.74. The molecule has 1 atom stereocenters. The number of aliphatic hydroxyl groups is 1. The molecule has 0 saturated carbocycles. The summed E-state index contributed by atoms with van der Waals surface area (Å²) in [6, 6.07) is 8.79. The SMILES string of the molecule is Cc1ccc2c(c1)[C@](O)(CC(=O)c1ccc(Br)s1)C(=O)N2. The molecule has 0 saturated heterocycles. The molecule has 0 aliphatic carbocycles. The molecule has 3 rings (SSSR count). The maximum atomic E-state index is 12.3. The smallest absolute Gasteiger partial charge is 0.261 e. The standard InChI is InChI=1S/C15H12BrNO3S/c1-8-2-3-10-9(6-8)15(20,14(19)17-10)7-11(18)12-4-5-13(16)21-12/h2-6,20H,7H2,1H3,(H,17,19)/t15-/m1/s1. The van der Waals surface area contributed by atoms with Gasteiger partial charge >= 0.3 is 0 Å². The lowest BCUT2D eigenvalue weighted by atomic mass is 9.89. The van der Waals surface area contributed by atoms with Gasteiger partial charge in [-0.2, -0.15) is 0 Å². The fraction of sp³-hybridized carbons (Fsp3) is 0.200. The zero-order valence-electron chi connectivity index (χ0n) is 11.1. The van der Waals surface area contributed by atoms with Crippen molar-refractivity contribution >= 4 is 44.6 Å². The zero-order chi connectivity index (χ0) is 15.2. The molecule has 21 heavy (non-hydrogen) atoms. The number of aryl methyl sites for hydroxylation is 1. The molecule has 0 unspecified atom stereocenters. The second kappa shape index (κ2) is 5.05. The van der Waals surface area contributed by atoms with Crippen molar-refractivity contribution < 1.29 is 14.7 Å². The van der Waals surface area contributed by atoms with Crippen LogP contribution in [0.5, 0.6) is 0 Å². The second-order valence-electron chi connectivity index (χ2n) is 5.07. The Balaban J connectivity index is 1.96. The van der Waals surface area contributed by atoms with E-state index < -0.39 is 11.5 Å². The van der Waals surface area contributed by atoms with Crippen LogP contribution in [0.4, 0.5) is 5.69 Å². The molecule has 2 N–H and O–H groups in total. The Labute approximate surface area is 133 Å². The molecule has 1 aliphatic rings. The molecule has 108 valence electrons. The van der Waals surface area contributed by atoms with Crippen LogP contribution in [0.25, 0.3) is 0 Å². The number of anilines is 1. The highest BCUT2D eigenvalue weighted by Crippen LogP contribution is 2.40. The number of ketones is 1. The van der Waals surface area contributed by atoms with E-state index >= 15 is 0 Å². The van der Waals surface area contributed by atoms with Crippen LogP contribution in [-0.2, 0) is 10.4 Å². The number of halogens is 1. The minimum Gasteiger partial charge on any atom is -0.375 e. The summed E-state index contributed by atoms with van der Waals surface area (Å²) in [6.45, 7) is 1.88. The number of amides is 1. The van der Waals surface area contributed by atoms with E-state index in [4.69, 9.17) is 0 Å². The Morgan fingerprint density at radius 3 is 2.81 bits per heavy atom. The molecule has 0 bridgehead atoms. The Morgan fingerprint density at radius 1 is 1.38 bits per heavy atom. The normalized spacial score (nSPS) is 20.2. The average Bonchev–Trinajstić information content (AvgIpc) is 2.95. The number of Topliss-reactive ketones (excluding diaryl/α,β-unsaturated/α-hetero) is 1. The van der Waals surface area contributed by atoms with E-state index in [1.165, 1.54) is 11.3 Å². The van der Waals surface area contributed by atoms with E-state index in [9.17, 15) is 14.7 Å². The van der Waals surface area contributed by atoms with Gasteiger partial charge in [-0.25, -0.2) is 0 Å². The van der Waals surface area contributed by atoms with Gasteiger partial charge in [-0.3, -0.25) is 9.59 Å². The van der Waals surface area contributed by atoms with Crippen LogP contribution in [0.1, 0.15) is 27.2 Å². The molecule has 1 aromatic carbocycles. The summed E-state index contributed by atoms with van der Waals surface area (Å²) in [5.41, 5.74) is 0.161. The molecule has 0 radical (unpaired) electrons. The number of hydrogen-bond acceptors (Lipinski definition) is 4. The first-order valence-electron chi connectivity index (χ1n) is 6.33. The Kier molecular flexibility index (Phi) is 3.47. The van der Waals surface area contributed by atoms with Crippen molar-refractivity contribution in [3.8, 4) is 0 Å². The lowest BCUT2D eigenvalue weighted by Gasteiger charge is -2.19. The van der Waals surface area contributed by atoms with Crippen molar-refractivity contribution in [3.05, 3.63) is 50.1 Å². The van der Waals surface area contributed by atoms with Gasteiger partial charge in [0.1, 0.15) is 0 Å². The molecule has 1 aromatic heterocycles. The molecule has 2 heterocycles. The van der Waals surface area contributed by atoms with E-state index in [1.54, 1.807) is 24.3 Å². The first-order valence-corrected chi connectivity index (χ1v) is 7.94. The van der Waals surface area contributed by atoms with Gasteiger partial charge in [-0.15, -0.1) is 11.3 Å². The number of thiophene rings is 1. The number of carbonyl (C=O) groups is 2. The van der Waals surface area contributed by atoms with Crippen LogP contribution in [0.15, 0.2) is 34.1 Å². The highest BCUT2D eigenvalue weighted by molar-refractivity contribution is 9.11. The van der Waals surface area contributed by atoms with Crippen LogP contribution < -0.4 is 5.32 Å². The first-order chi connectivity index (χ1) is 9.90. The van der Waals surface area contributed by atoms with Crippen LogP contribution in [0.3, 0.4) is 0 Å². The van der Waals surface area contributed by atoms with Crippen molar-refractivity contribution in [1.82, 2.24) is 0 Å². The molecule has 1 aliphatic heterocycles. The summed E-state index contributed by atoms with van der Waals surface area (Å²) in [6.07, 6.45) is -0.262. The predicted octanol–water partition coefficient (Wildman–Crippen LogP) is 3.23. The highest BCUT2D eigenvalue weighted by atomic mass is 79.9. The number of nitrogens with one attached hydrogen (secondary N) is 1. The quantitative estimate of drug-likeness (QED) is 0.820. The van der Waals surface area contributed by atoms with Gasteiger partial charge < -0.3 is 10.4 Å². The van der Waals surface area contributed by atoms with Crippen molar-refractivity contribution in [1.29, 1.82) is 0 Å². The van der Waals surface area contributed by atoms with Crippen molar-refractivity contribution in [2.75, 3.05) is 5.32 Å². The second-order valence-corrected chi connectivity index (χ2v) is 7.53. The molecule has 0 spiro atoms. The topological polar surface area (TPSA) is 66.4 Å². The molecule has 0 fully saturated rings. The van der Waals surface area contributed by atoms with Gasteiger partial charge in [-0.05, 0) is 41.1 Å². The number of carbonyl (C=O) groups excluding carboxylic acids is 2. The molecule has 4 nitrogen and oxygen atoms in total. The Bertz CT molecular complexity index is 755. The summed E-state index contributed by atoms with van der Waals surface area (Å²) in [4.78, 5) is 24.9. The minimum absolute atomic E-state index is 0.252. The van der Waals surface area contributed by atoms with E-state index in [2.05, 4.69) is 21.2 Å². The summed E-state index contributed by atoms with van der Waals surface area (Å²) in [5, 5.41) is 13.4. The largest absolute Gasteiger partial charge is 0.375 e. The van der Waals surface area contributed by atoms with E-state index in [-0.39, 0.29) is 12.2 Å². The van der Waals surface area contributed by atoms with Crippen molar-refractivity contribution in [2.24, 2.45) is 0 Å². The minimum atomic E-state index is -1.80. The molecule has 1 amide bonds. The van der Waals surface area contributed by atoms with Gasteiger partial charge in [0.15, 0.2) is 11.4 Å². The van der Waals surface area contributed by atoms with E-state index in [1.807, 2.05) is 13.0 Å². The predicted molar refractivity (Wildman–Crippen MR) is 84.7 cm³/mol. The zero-order valence-corrected chi connectivity index (χ0v) is 13.5. The number of hydrogen-bond donors (Lipinski definition) is 2. The summed E-state index contributed by atoms with van der Waals surface area (Å²) in [7, 11) is 0. The van der Waals surface area contributed by atoms with Crippen LogP contribution in [0, 0.1) is 6.92 Å². The highest BCUT2D eigenvalue weighted by Gasteiger charge is 2.46. The van der Waals surface area contributed by atoms with Gasteiger partial charge in [-0.1, -0.05) is 17.7 Å². The first kappa shape index (κ1) is 14.4. The van der Waals surface area contributed by atoms with Crippen molar-refractivity contribution in [2.45, 2.75) is 18.9 Å². The third-order valence-electron chi connectivity index (χ3n) is 3.51. The van der Waals surface area contributed by atoms with Gasteiger partial charge in [0.25, 0.3) is 5.91 Å². The number of rotatable bonds is 3. The lowest BCUT2D eigenvalue weighted by Crippen LogP contribution is -2.36. The molecular weight excluding hydrogens is 354 g/mol. The fourth-order valence-electron chi connectivity index (χ4n) is 2.42. The van der Waals surface area contributed by atoms with Crippen LogP contribution in [-0.4, -0.2) is 16.8 Å². The Hall–Kier alpha value is -1.50. The van der Waals surface area contributed by atoms with Crippen LogP contribution in [0.2, 0.25) is 0 Å². The third kappa shape index (κ3) is 2.43. The maximum Gasteiger partial charge on any atom is 0.261 e. The Morgan fingerprint density at radius 2 is 2.14 bits per heavy atom. The summed E-state index contributed by atoms with van der Waals surface area (Å²) < 4.78 is 0.838. The number of fused-ring (bicyclic) bond motifs is 1. The summed E-state index contributed by atoms with van der Waals surface area (Å²) in [5.74, 6) is -0.801. The van der Waals surface area contributed by atoms with Crippen LogP contribution >= 0.6 is 27.3 Å². The van der Waals surface area contributed by atoms with Gasteiger partial charge in [0.05, 0.1) is 15.1 Å². The molecule has 6 heteroatoms. The summed E-state index contributed by atoms with van der Waals surface area (Å²) >= 11 is 4.59. The third-order valence-corrected chi connectivity index (χ3v) is 5.17. The average molecular weight is 366 g/mol.